The first-order chi connectivity index (χ1) is 16.9. The van der Waals surface area contributed by atoms with Gasteiger partial charge in [0.05, 0.1) is 29.2 Å². The summed E-state index contributed by atoms with van der Waals surface area (Å²) in [5, 5.41) is 16.5. The molecule has 1 fully saturated rings. The van der Waals surface area contributed by atoms with Crippen LogP contribution in [0.2, 0.25) is 5.02 Å². The lowest BCUT2D eigenvalue weighted by atomic mass is 9.88. The number of carbonyl (C=O) groups is 1. The van der Waals surface area contributed by atoms with E-state index in [1.165, 1.54) is 24.1 Å². The average molecular weight is 499 g/mol. The molecule has 0 aliphatic heterocycles. The van der Waals surface area contributed by atoms with Gasteiger partial charge < -0.3 is 9.47 Å². The van der Waals surface area contributed by atoms with Crippen molar-refractivity contribution < 1.29 is 19.2 Å². The molecule has 1 aliphatic carbocycles. The highest BCUT2D eigenvalue weighted by Crippen LogP contribution is 2.34. The number of nitro groups is 1. The molecule has 0 radical (unpaired) electrons. The number of hydrogen-bond acceptors (Lipinski definition) is 8. The summed E-state index contributed by atoms with van der Waals surface area (Å²) in [6.07, 6.45) is 6.22. The standard InChI is InChI=1S/C24H23ClN4O6/c1-34-21(30)14-35-22-16(11-17(25)12-20(22)29(32)33)13-26-28-23(15-7-3-2-4-8-15)27-19-10-6-5-9-18(19)24(28)31/h5-6,9-13,15H,2-4,7-8,14H2,1H3. The van der Waals surface area contributed by atoms with Crippen LogP contribution >= 0.6 is 11.6 Å². The molecule has 1 saturated carbocycles. The fourth-order valence-corrected chi connectivity index (χ4v) is 4.40. The van der Waals surface area contributed by atoms with Crippen LogP contribution < -0.4 is 10.3 Å². The summed E-state index contributed by atoms with van der Waals surface area (Å²) in [4.78, 5) is 40.7. The van der Waals surface area contributed by atoms with E-state index in [4.69, 9.17) is 21.3 Å². The number of methoxy groups -OCH3 is 1. The Morgan fingerprint density at radius 3 is 2.74 bits per heavy atom. The lowest BCUT2D eigenvalue weighted by molar-refractivity contribution is -0.385. The monoisotopic (exact) mass is 498 g/mol. The maximum absolute atomic E-state index is 13.4. The van der Waals surface area contributed by atoms with Gasteiger partial charge in [0.1, 0.15) is 5.82 Å². The molecular formula is C24H23ClN4O6. The summed E-state index contributed by atoms with van der Waals surface area (Å²) in [7, 11) is 1.18. The highest BCUT2D eigenvalue weighted by Gasteiger charge is 2.24. The molecule has 11 heteroatoms. The number of para-hydroxylation sites is 1. The Hall–Kier alpha value is -3.79. The van der Waals surface area contributed by atoms with E-state index < -0.39 is 23.2 Å². The van der Waals surface area contributed by atoms with Crippen molar-refractivity contribution >= 4 is 40.4 Å². The van der Waals surface area contributed by atoms with E-state index >= 15 is 0 Å². The van der Waals surface area contributed by atoms with E-state index in [0.29, 0.717) is 16.7 Å². The van der Waals surface area contributed by atoms with Crippen LogP contribution in [0.4, 0.5) is 5.69 Å². The molecule has 0 atom stereocenters. The number of carbonyl (C=O) groups excluding carboxylic acids is 1. The second-order valence-electron chi connectivity index (χ2n) is 8.15. The summed E-state index contributed by atoms with van der Waals surface area (Å²) in [6, 6.07) is 9.56. The topological polar surface area (TPSA) is 126 Å². The van der Waals surface area contributed by atoms with Gasteiger partial charge in [0.2, 0.25) is 5.75 Å². The van der Waals surface area contributed by atoms with E-state index in [-0.39, 0.29) is 27.8 Å². The average Bonchev–Trinajstić information content (AvgIpc) is 2.87. The molecule has 35 heavy (non-hydrogen) atoms. The van der Waals surface area contributed by atoms with E-state index in [2.05, 4.69) is 9.84 Å². The molecule has 1 heterocycles. The molecule has 0 spiro atoms. The first kappa shape index (κ1) is 24.3. The summed E-state index contributed by atoms with van der Waals surface area (Å²) in [5.41, 5.74) is -0.0758. The smallest absolute Gasteiger partial charge is 0.343 e. The molecule has 0 saturated heterocycles. The molecule has 0 bridgehead atoms. The Morgan fingerprint density at radius 2 is 2.03 bits per heavy atom. The Kier molecular flexibility index (Phi) is 7.40. The Balaban J connectivity index is 1.84. The van der Waals surface area contributed by atoms with Gasteiger partial charge in [-0.15, -0.1) is 0 Å². The van der Waals surface area contributed by atoms with Gasteiger partial charge in [0.15, 0.2) is 6.61 Å². The van der Waals surface area contributed by atoms with Gasteiger partial charge in [-0.2, -0.15) is 9.78 Å². The summed E-state index contributed by atoms with van der Waals surface area (Å²) in [5.74, 6) is -0.332. The number of esters is 1. The van der Waals surface area contributed by atoms with Gasteiger partial charge in [0, 0.05) is 22.6 Å². The SMILES string of the molecule is COC(=O)COc1c(C=Nn2c(C3CCCCC3)nc3ccccc3c2=O)cc(Cl)cc1[N+](=O)[O-]. The third-order valence-corrected chi connectivity index (χ3v) is 6.10. The minimum absolute atomic E-state index is 0.0574. The molecule has 1 aromatic heterocycles. The maximum atomic E-state index is 13.4. The third kappa shape index (κ3) is 5.32. The van der Waals surface area contributed by atoms with Crippen LogP contribution in [-0.2, 0) is 9.53 Å². The normalized spacial score (nSPS) is 14.3. The van der Waals surface area contributed by atoms with Crippen LogP contribution in [0.1, 0.15) is 49.4 Å². The molecule has 4 rings (SSSR count). The van der Waals surface area contributed by atoms with Gasteiger partial charge in [-0.3, -0.25) is 14.9 Å². The van der Waals surface area contributed by atoms with E-state index in [1.54, 1.807) is 18.2 Å². The Bertz CT molecular complexity index is 1360. The van der Waals surface area contributed by atoms with Crippen LogP contribution in [0.25, 0.3) is 10.9 Å². The zero-order chi connectivity index (χ0) is 24.9. The molecule has 182 valence electrons. The van der Waals surface area contributed by atoms with E-state index in [9.17, 15) is 19.7 Å². The quantitative estimate of drug-likeness (QED) is 0.204. The molecule has 0 N–H and O–H groups in total. The van der Waals surface area contributed by atoms with E-state index in [0.717, 1.165) is 38.2 Å². The van der Waals surface area contributed by atoms with Crippen LogP contribution in [0.15, 0.2) is 46.3 Å². The first-order valence-electron chi connectivity index (χ1n) is 11.1. The lowest BCUT2D eigenvalue weighted by Gasteiger charge is -2.22. The molecule has 10 nitrogen and oxygen atoms in total. The highest BCUT2D eigenvalue weighted by atomic mass is 35.5. The second-order valence-corrected chi connectivity index (χ2v) is 8.59. The number of ether oxygens (including phenoxy) is 2. The molecule has 0 unspecified atom stereocenters. The predicted molar refractivity (Wildman–Crippen MR) is 130 cm³/mol. The van der Waals surface area contributed by atoms with Gasteiger partial charge in [-0.05, 0) is 31.0 Å². The predicted octanol–water partition coefficient (Wildman–Crippen LogP) is 4.44. The van der Waals surface area contributed by atoms with Crippen LogP contribution in [0.5, 0.6) is 5.75 Å². The summed E-state index contributed by atoms with van der Waals surface area (Å²) < 4.78 is 11.2. The summed E-state index contributed by atoms with van der Waals surface area (Å²) in [6.45, 7) is -0.551. The fraction of sp³-hybridized carbons (Fsp3) is 0.333. The number of fused-ring (bicyclic) bond motifs is 1. The van der Waals surface area contributed by atoms with Crippen molar-refractivity contribution in [3.05, 3.63) is 73.3 Å². The largest absolute Gasteiger partial charge is 0.474 e. The number of nitrogens with zero attached hydrogens (tertiary/aromatic N) is 4. The zero-order valence-electron chi connectivity index (χ0n) is 19.0. The maximum Gasteiger partial charge on any atom is 0.343 e. The number of halogens is 1. The van der Waals surface area contributed by atoms with Crippen LogP contribution in [0, 0.1) is 10.1 Å². The van der Waals surface area contributed by atoms with Gasteiger partial charge in [-0.25, -0.2) is 9.78 Å². The first-order valence-corrected chi connectivity index (χ1v) is 11.5. The van der Waals surface area contributed by atoms with Crippen LogP contribution in [-0.4, -0.2) is 40.5 Å². The van der Waals surface area contributed by atoms with Crippen molar-refractivity contribution in [3.8, 4) is 5.75 Å². The van der Waals surface area contributed by atoms with E-state index in [1.807, 2.05) is 6.07 Å². The third-order valence-electron chi connectivity index (χ3n) is 5.88. The van der Waals surface area contributed by atoms with Crippen molar-refractivity contribution in [3.63, 3.8) is 0 Å². The number of rotatable bonds is 7. The van der Waals surface area contributed by atoms with Gasteiger partial charge in [-0.1, -0.05) is 43.0 Å². The number of hydrogen-bond donors (Lipinski definition) is 0. The molecule has 3 aromatic rings. The molecular weight excluding hydrogens is 476 g/mol. The highest BCUT2D eigenvalue weighted by molar-refractivity contribution is 6.31. The number of nitro benzene ring substituents is 1. The second kappa shape index (κ2) is 10.6. The van der Waals surface area contributed by atoms with Crippen molar-refractivity contribution in [2.75, 3.05) is 13.7 Å². The van der Waals surface area contributed by atoms with Crippen molar-refractivity contribution in [1.29, 1.82) is 0 Å². The summed E-state index contributed by atoms with van der Waals surface area (Å²) >= 11 is 6.11. The van der Waals surface area contributed by atoms with Gasteiger partial charge >= 0.3 is 11.7 Å². The molecule has 0 amide bonds. The minimum atomic E-state index is -0.716. The Morgan fingerprint density at radius 1 is 1.29 bits per heavy atom. The van der Waals surface area contributed by atoms with Crippen molar-refractivity contribution in [2.24, 2.45) is 5.10 Å². The molecule has 2 aromatic carbocycles. The number of aromatic nitrogens is 2. The Labute approximate surface area is 205 Å². The molecule has 1 aliphatic rings. The number of benzene rings is 2. The van der Waals surface area contributed by atoms with Gasteiger partial charge in [0.25, 0.3) is 5.56 Å². The van der Waals surface area contributed by atoms with Crippen molar-refractivity contribution in [1.82, 2.24) is 9.66 Å². The van der Waals surface area contributed by atoms with Crippen molar-refractivity contribution in [2.45, 2.75) is 38.0 Å². The zero-order valence-corrected chi connectivity index (χ0v) is 19.7. The fourth-order valence-electron chi connectivity index (χ4n) is 4.18. The van der Waals surface area contributed by atoms with Crippen LogP contribution in [0.3, 0.4) is 0 Å². The minimum Gasteiger partial charge on any atom is -0.474 e. The lowest BCUT2D eigenvalue weighted by Crippen LogP contribution is -2.25.